The number of nitrogens with one attached hydrogen (secondary N) is 1. The van der Waals surface area contributed by atoms with E-state index in [1.165, 1.54) is 18.5 Å². The maximum atomic E-state index is 13.5. The fraction of sp³-hybridized carbons (Fsp3) is 0.304. The van der Waals surface area contributed by atoms with Crippen molar-refractivity contribution in [3.05, 3.63) is 70.9 Å². The van der Waals surface area contributed by atoms with Gasteiger partial charge in [0, 0.05) is 30.4 Å². The standard InChI is InChI=1S/C23H19F3N6O/c1-13-10-30-20(31-11-13)19-18(28-5-6-29-19)14(2)32-21(33)15-7-16(22(12-27)3-4-22)9-17(8-15)23(24,25)26/h5-11,14H,3-4H2,1-2H3,(H,32,33). The maximum Gasteiger partial charge on any atom is 0.416 e. The van der Waals surface area contributed by atoms with Crippen molar-refractivity contribution in [1.29, 1.82) is 5.26 Å². The van der Waals surface area contributed by atoms with Gasteiger partial charge in [-0.05, 0) is 56.0 Å². The Labute approximate surface area is 187 Å². The fourth-order valence-electron chi connectivity index (χ4n) is 3.49. The van der Waals surface area contributed by atoms with Crippen LogP contribution in [0, 0.1) is 18.3 Å². The van der Waals surface area contributed by atoms with Gasteiger partial charge in [0.15, 0.2) is 5.82 Å². The number of benzene rings is 1. The number of halogens is 3. The Balaban J connectivity index is 1.65. The molecule has 0 radical (unpaired) electrons. The third-order valence-corrected chi connectivity index (χ3v) is 5.52. The summed E-state index contributed by atoms with van der Waals surface area (Å²) in [5.41, 5.74) is -0.322. The number of hydrogen-bond acceptors (Lipinski definition) is 6. The highest BCUT2D eigenvalue weighted by Gasteiger charge is 2.46. The van der Waals surface area contributed by atoms with Crippen LogP contribution >= 0.6 is 0 Å². The Morgan fingerprint density at radius 3 is 2.39 bits per heavy atom. The summed E-state index contributed by atoms with van der Waals surface area (Å²) in [4.78, 5) is 30.0. The summed E-state index contributed by atoms with van der Waals surface area (Å²) >= 11 is 0. The summed E-state index contributed by atoms with van der Waals surface area (Å²) in [6.45, 7) is 3.48. The molecule has 0 spiro atoms. The lowest BCUT2D eigenvalue weighted by Gasteiger charge is -2.18. The second-order valence-corrected chi connectivity index (χ2v) is 8.06. The summed E-state index contributed by atoms with van der Waals surface area (Å²) in [6.07, 6.45) is 2.43. The Bertz CT molecular complexity index is 1250. The maximum absolute atomic E-state index is 13.5. The lowest BCUT2D eigenvalue weighted by atomic mass is 9.93. The molecule has 1 aliphatic carbocycles. The molecule has 10 heteroatoms. The van der Waals surface area contributed by atoms with E-state index in [1.54, 1.807) is 19.3 Å². The predicted octanol–water partition coefficient (Wildman–Crippen LogP) is 4.31. The Kier molecular flexibility index (Phi) is 5.57. The van der Waals surface area contributed by atoms with Crippen LogP contribution in [0.15, 0.2) is 43.0 Å². The molecule has 168 valence electrons. The van der Waals surface area contributed by atoms with Gasteiger partial charge in [0.25, 0.3) is 5.91 Å². The Morgan fingerprint density at radius 1 is 1.12 bits per heavy atom. The Hall–Kier alpha value is -3.87. The summed E-state index contributed by atoms with van der Waals surface area (Å²) in [7, 11) is 0. The molecule has 0 bridgehead atoms. The minimum Gasteiger partial charge on any atom is -0.344 e. The Morgan fingerprint density at radius 2 is 1.79 bits per heavy atom. The minimum absolute atomic E-state index is 0.176. The molecule has 1 aliphatic rings. The SMILES string of the molecule is Cc1cnc(-c2nccnc2C(C)NC(=O)c2cc(C(F)(F)F)cc(C3(C#N)CC3)c2)nc1. The van der Waals surface area contributed by atoms with E-state index in [2.05, 4.69) is 31.3 Å². The van der Waals surface area contributed by atoms with Crippen LogP contribution in [0.1, 0.15) is 58.5 Å². The van der Waals surface area contributed by atoms with Crippen LogP contribution in [-0.2, 0) is 11.6 Å². The van der Waals surface area contributed by atoms with Gasteiger partial charge in [-0.25, -0.2) is 15.0 Å². The molecular weight excluding hydrogens is 433 g/mol. The number of hydrogen-bond donors (Lipinski definition) is 1. The van der Waals surface area contributed by atoms with E-state index < -0.39 is 29.1 Å². The van der Waals surface area contributed by atoms with Crippen molar-refractivity contribution in [2.75, 3.05) is 0 Å². The highest BCUT2D eigenvalue weighted by molar-refractivity contribution is 5.95. The molecule has 2 heterocycles. The zero-order valence-electron chi connectivity index (χ0n) is 17.8. The molecule has 1 fully saturated rings. The molecule has 3 aromatic rings. The number of alkyl halides is 3. The third kappa shape index (κ3) is 4.53. The average Bonchev–Trinajstić information content (AvgIpc) is 3.60. The van der Waals surface area contributed by atoms with Crippen LogP contribution in [-0.4, -0.2) is 25.8 Å². The molecule has 1 aromatic carbocycles. The van der Waals surface area contributed by atoms with E-state index in [0.29, 0.717) is 30.1 Å². The summed E-state index contributed by atoms with van der Waals surface area (Å²) < 4.78 is 40.4. The molecule has 1 saturated carbocycles. The van der Waals surface area contributed by atoms with Crippen LogP contribution in [0.5, 0.6) is 0 Å². The van der Waals surface area contributed by atoms with Crippen LogP contribution in [0.4, 0.5) is 13.2 Å². The molecule has 1 unspecified atom stereocenters. The van der Waals surface area contributed by atoms with E-state index in [9.17, 15) is 23.2 Å². The van der Waals surface area contributed by atoms with Gasteiger partial charge in [-0.15, -0.1) is 0 Å². The molecule has 33 heavy (non-hydrogen) atoms. The number of carbonyl (C=O) groups is 1. The van der Waals surface area contributed by atoms with E-state index >= 15 is 0 Å². The molecule has 2 aromatic heterocycles. The topological polar surface area (TPSA) is 104 Å². The first-order valence-electron chi connectivity index (χ1n) is 10.2. The van der Waals surface area contributed by atoms with Crippen LogP contribution < -0.4 is 5.32 Å². The van der Waals surface area contributed by atoms with E-state index in [-0.39, 0.29) is 11.1 Å². The predicted molar refractivity (Wildman–Crippen MR) is 112 cm³/mol. The number of nitrogens with zero attached hydrogens (tertiary/aromatic N) is 5. The van der Waals surface area contributed by atoms with Gasteiger partial charge in [0.2, 0.25) is 0 Å². The summed E-state index contributed by atoms with van der Waals surface area (Å²) in [5, 5.41) is 12.1. The summed E-state index contributed by atoms with van der Waals surface area (Å²) in [5.74, 6) is -0.402. The molecule has 4 rings (SSSR count). The lowest BCUT2D eigenvalue weighted by Crippen LogP contribution is -2.28. The van der Waals surface area contributed by atoms with Gasteiger partial charge in [0.05, 0.1) is 28.8 Å². The van der Waals surface area contributed by atoms with Crippen molar-refractivity contribution in [2.24, 2.45) is 0 Å². The first-order chi connectivity index (χ1) is 15.6. The van der Waals surface area contributed by atoms with Crippen molar-refractivity contribution in [3.63, 3.8) is 0 Å². The van der Waals surface area contributed by atoms with Crippen molar-refractivity contribution in [3.8, 4) is 17.6 Å². The number of nitriles is 1. The number of aryl methyl sites for hydroxylation is 1. The number of amides is 1. The number of rotatable bonds is 5. The van der Waals surface area contributed by atoms with Crippen molar-refractivity contribution in [1.82, 2.24) is 25.3 Å². The highest BCUT2D eigenvalue weighted by atomic mass is 19.4. The second-order valence-electron chi connectivity index (χ2n) is 8.06. The van der Waals surface area contributed by atoms with Gasteiger partial charge < -0.3 is 5.32 Å². The lowest BCUT2D eigenvalue weighted by molar-refractivity contribution is -0.137. The molecule has 1 atom stereocenters. The number of aromatic nitrogens is 4. The quantitative estimate of drug-likeness (QED) is 0.619. The van der Waals surface area contributed by atoms with Crippen molar-refractivity contribution < 1.29 is 18.0 Å². The van der Waals surface area contributed by atoms with Gasteiger partial charge in [-0.2, -0.15) is 18.4 Å². The fourth-order valence-corrected chi connectivity index (χ4v) is 3.49. The first-order valence-corrected chi connectivity index (χ1v) is 10.2. The largest absolute Gasteiger partial charge is 0.416 e. The smallest absolute Gasteiger partial charge is 0.344 e. The average molecular weight is 452 g/mol. The van der Waals surface area contributed by atoms with Crippen LogP contribution in [0.2, 0.25) is 0 Å². The summed E-state index contributed by atoms with van der Waals surface area (Å²) in [6, 6.07) is 4.48. The van der Waals surface area contributed by atoms with Crippen molar-refractivity contribution in [2.45, 2.75) is 44.3 Å². The molecule has 1 N–H and O–H groups in total. The van der Waals surface area contributed by atoms with Crippen LogP contribution in [0.25, 0.3) is 11.5 Å². The molecule has 0 saturated heterocycles. The molecule has 7 nitrogen and oxygen atoms in total. The second kappa shape index (κ2) is 8.24. The normalized spacial score (nSPS) is 15.4. The highest BCUT2D eigenvalue weighted by Crippen LogP contribution is 2.48. The van der Waals surface area contributed by atoms with Gasteiger partial charge >= 0.3 is 6.18 Å². The van der Waals surface area contributed by atoms with Gasteiger partial charge in [-0.3, -0.25) is 9.78 Å². The zero-order chi connectivity index (χ0) is 23.8. The van der Waals surface area contributed by atoms with Gasteiger partial charge in [-0.1, -0.05) is 0 Å². The first kappa shape index (κ1) is 22.3. The molecule has 1 amide bonds. The van der Waals surface area contributed by atoms with Gasteiger partial charge in [0.1, 0.15) is 5.69 Å². The van der Waals surface area contributed by atoms with E-state index in [1.807, 2.05) is 6.92 Å². The van der Waals surface area contributed by atoms with Crippen molar-refractivity contribution >= 4 is 5.91 Å². The minimum atomic E-state index is -4.65. The third-order valence-electron chi connectivity index (χ3n) is 5.52. The monoisotopic (exact) mass is 452 g/mol. The van der Waals surface area contributed by atoms with E-state index in [4.69, 9.17) is 0 Å². The molecular formula is C23H19F3N6O. The van der Waals surface area contributed by atoms with E-state index in [0.717, 1.165) is 17.7 Å². The zero-order valence-corrected chi connectivity index (χ0v) is 17.8. The van der Waals surface area contributed by atoms with Crippen LogP contribution in [0.3, 0.4) is 0 Å². The number of carbonyl (C=O) groups excluding carboxylic acids is 1. The molecule has 0 aliphatic heterocycles.